The Kier molecular flexibility index (Phi) is 5.42. The molecule has 1 aromatic heterocycles. The molecule has 0 saturated carbocycles. The zero-order chi connectivity index (χ0) is 19.6. The van der Waals surface area contributed by atoms with E-state index in [4.69, 9.17) is 11.6 Å². The Morgan fingerprint density at radius 3 is 2.44 bits per heavy atom. The third-order valence-corrected chi connectivity index (χ3v) is 4.51. The number of nitrogens with one attached hydrogen (secondary N) is 1. The molecule has 1 heterocycles. The first-order chi connectivity index (χ1) is 12.8. The van der Waals surface area contributed by atoms with Gasteiger partial charge in [0.2, 0.25) is 5.91 Å². The van der Waals surface area contributed by atoms with Gasteiger partial charge in [-0.15, -0.1) is 0 Å². The number of aromatic nitrogens is 1. The van der Waals surface area contributed by atoms with Crippen molar-refractivity contribution in [1.29, 1.82) is 0 Å². The molecule has 1 N–H and O–H groups in total. The monoisotopic (exact) mass is 381 g/mol. The van der Waals surface area contributed by atoms with Crippen LogP contribution < -0.4 is 5.32 Å². The fraction of sp³-hybridized carbons (Fsp3) is 0.190. The molecule has 2 aromatic carbocycles. The van der Waals surface area contributed by atoms with Gasteiger partial charge in [0.25, 0.3) is 5.91 Å². The van der Waals surface area contributed by atoms with Gasteiger partial charge in [-0.05, 0) is 48.9 Å². The summed E-state index contributed by atoms with van der Waals surface area (Å²) in [4.78, 5) is 30.5. The van der Waals surface area contributed by atoms with Crippen LogP contribution in [0.4, 0.5) is 5.69 Å². The Balaban J connectivity index is 1.78. The minimum atomic E-state index is -0.237. The zero-order valence-corrected chi connectivity index (χ0v) is 16.2. The number of hydrogen-bond acceptors (Lipinski definition) is 3. The van der Waals surface area contributed by atoms with E-state index in [-0.39, 0.29) is 11.8 Å². The predicted octanol–water partition coefficient (Wildman–Crippen LogP) is 4.08. The molecule has 0 fully saturated rings. The maximum absolute atomic E-state index is 12.7. The lowest BCUT2D eigenvalue weighted by atomic mass is 10.1. The summed E-state index contributed by atoms with van der Waals surface area (Å²) in [5.41, 5.74) is 3.49. The SMILES string of the molecule is Cc1nc2ccc(Cl)cc2cc1C(=O)Nc1ccc(CC(=O)N(C)C)cc1. The molecule has 27 heavy (non-hydrogen) atoms. The second-order valence-corrected chi connectivity index (χ2v) is 7.01. The van der Waals surface area contributed by atoms with Gasteiger partial charge in [-0.3, -0.25) is 14.6 Å². The number of carbonyl (C=O) groups is 2. The first-order valence-electron chi connectivity index (χ1n) is 8.51. The van der Waals surface area contributed by atoms with E-state index in [1.165, 1.54) is 0 Å². The highest BCUT2D eigenvalue weighted by Crippen LogP contribution is 2.21. The molecule has 5 nitrogen and oxygen atoms in total. The quantitative estimate of drug-likeness (QED) is 0.740. The number of pyridine rings is 1. The van der Waals surface area contributed by atoms with Crippen LogP contribution in [0, 0.1) is 6.92 Å². The summed E-state index contributed by atoms with van der Waals surface area (Å²) in [5, 5.41) is 4.29. The van der Waals surface area contributed by atoms with Crippen LogP contribution in [-0.2, 0) is 11.2 Å². The van der Waals surface area contributed by atoms with Gasteiger partial charge in [-0.1, -0.05) is 23.7 Å². The van der Waals surface area contributed by atoms with Gasteiger partial charge in [-0.25, -0.2) is 0 Å². The zero-order valence-electron chi connectivity index (χ0n) is 15.4. The Morgan fingerprint density at radius 1 is 1.07 bits per heavy atom. The minimum absolute atomic E-state index is 0.0308. The molecule has 6 heteroatoms. The largest absolute Gasteiger partial charge is 0.349 e. The highest BCUT2D eigenvalue weighted by atomic mass is 35.5. The highest BCUT2D eigenvalue weighted by Gasteiger charge is 2.13. The summed E-state index contributed by atoms with van der Waals surface area (Å²) in [7, 11) is 3.45. The van der Waals surface area contributed by atoms with E-state index in [1.54, 1.807) is 56.3 Å². The predicted molar refractivity (Wildman–Crippen MR) is 108 cm³/mol. The number of nitrogens with zero attached hydrogens (tertiary/aromatic N) is 2. The van der Waals surface area contributed by atoms with Crippen LogP contribution in [0.25, 0.3) is 10.9 Å². The molecule has 0 spiro atoms. The molecule has 0 atom stereocenters. The fourth-order valence-corrected chi connectivity index (χ4v) is 2.89. The molecule has 2 amide bonds. The smallest absolute Gasteiger partial charge is 0.257 e. The van der Waals surface area contributed by atoms with Gasteiger partial charge < -0.3 is 10.2 Å². The van der Waals surface area contributed by atoms with Crippen molar-refractivity contribution < 1.29 is 9.59 Å². The van der Waals surface area contributed by atoms with E-state index in [1.807, 2.05) is 18.2 Å². The number of anilines is 1. The van der Waals surface area contributed by atoms with E-state index in [0.29, 0.717) is 28.4 Å². The molecular formula is C21H20ClN3O2. The summed E-state index contributed by atoms with van der Waals surface area (Å²) in [6, 6.07) is 14.4. The Hall–Kier alpha value is -2.92. The topological polar surface area (TPSA) is 62.3 Å². The molecule has 0 bridgehead atoms. The second-order valence-electron chi connectivity index (χ2n) is 6.57. The Labute approximate surface area is 163 Å². The number of amides is 2. The van der Waals surface area contributed by atoms with E-state index < -0.39 is 0 Å². The molecule has 0 aliphatic rings. The van der Waals surface area contributed by atoms with Gasteiger partial charge >= 0.3 is 0 Å². The van der Waals surface area contributed by atoms with Crippen LogP contribution in [-0.4, -0.2) is 35.8 Å². The van der Waals surface area contributed by atoms with Crippen LogP contribution in [0.5, 0.6) is 0 Å². The first-order valence-corrected chi connectivity index (χ1v) is 8.88. The van der Waals surface area contributed by atoms with E-state index in [0.717, 1.165) is 16.5 Å². The number of aryl methyl sites for hydroxylation is 1. The Bertz CT molecular complexity index is 1010. The van der Waals surface area contributed by atoms with Crippen molar-refractivity contribution in [2.45, 2.75) is 13.3 Å². The number of halogens is 1. The second kappa shape index (κ2) is 7.76. The molecule has 0 aliphatic heterocycles. The lowest BCUT2D eigenvalue weighted by Gasteiger charge is -2.11. The molecule has 138 valence electrons. The van der Waals surface area contributed by atoms with E-state index in [9.17, 15) is 9.59 Å². The van der Waals surface area contributed by atoms with Gasteiger partial charge in [0.05, 0.1) is 23.2 Å². The standard InChI is InChI=1S/C21H20ClN3O2/c1-13-18(12-15-11-16(22)6-9-19(15)23-13)21(27)24-17-7-4-14(5-8-17)10-20(26)25(2)3/h4-9,11-12H,10H2,1-3H3,(H,24,27). The van der Waals surface area contributed by atoms with Crippen molar-refractivity contribution >= 4 is 40.0 Å². The average Bonchev–Trinajstić information content (AvgIpc) is 2.63. The molecule has 3 aromatic rings. The van der Waals surface area contributed by atoms with Gasteiger partial charge in [0.1, 0.15) is 0 Å². The lowest BCUT2D eigenvalue weighted by molar-refractivity contribution is -0.127. The van der Waals surface area contributed by atoms with Crippen LogP contribution in [0.2, 0.25) is 5.02 Å². The van der Waals surface area contributed by atoms with Crippen molar-refractivity contribution in [2.24, 2.45) is 0 Å². The number of fused-ring (bicyclic) bond motifs is 1. The van der Waals surface area contributed by atoms with Crippen LogP contribution in [0.3, 0.4) is 0 Å². The summed E-state index contributed by atoms with van der Waals surface area (Å²) in [5.74, 6) is -0.206. The molecule has 0 saturated heterocycles. The summed E-state index contributed by atoms with van der Waals surface area (Å²) >= 11 is 6.04. The van der Waals surface area contributed by atoms with Crippen molar-refractivity contribution in [3.05, 3.63) is 70.4 Å². The lowest BCUT2D eigenvalue weighted by Crippen LogP contribution is -2.23. The summed E-state index contributed by atoms with van der Waals surface area (Å²) < 4.78 is 0. The number of likely N-dealkylation sites (N-methyl/N-ethyl adjacent to an activating group) is 1. The maximum atomic E-state index is 12.7. The van der Waals surface area contributed by atoms with Crippen molar-refractivity contribution in [2.75, 3.05) is 19.4 Å². The van der Waals surface area contributed by atoms with Gasteiger partial charge in [0, 0.05) is 30.2 Å². The number of rotatable bonds is 4. The third-order valence-electron chi connectivity index (χ3n) is 4.28. The summed E-state index contributed by atoms with van der Waals surface area (Å²) in [6.07, 6.45) is 0.329. The van der Waals surface area contributed by atoms with E-state index >= 15 is 0 Å². The normalized spacial score (nSPS) is 10.7. The molecule has 0 aliphatic carbocycles. The Morgan fingerprint density at radius 2 is 1.78 bits per heavy atom. The van der Waals surface area contributed by atoms with Gasteiger partial charge in [0.15, 0.2) is 0 Å². The fourth-order valence-electron chi connectivity index (χ4n) is 2.71. The number of benzene rings is 2. The van der Waals surface area contributed by atoms with Crippen LogP contribution in [0.1, 0.15) is 21.6 Å². The number of carbonyl (C=O) groups excluding carboxylic acids is 2. The van der Waals surface area contributed by atoms with Crippen LogP contribution >= 0.6 is 11.6 Å². The minimum Gasteiger partial charge on any atom is -0.349 e. The highest BCUT2D eigenvalue weighted by molar-refractivity contribution is 6.31. The molecule has 0 radical (unpaired) electrons. The molecule has 3 rings (SSSR count). The molecule has 0 unspecified atom stereocenters. The van der Waals surface area contributed by atoms with Crippen molar-refractivity contribution in [3.8, 4) is 0 Å². The first kappa shape index (κ1) is 18.9. The summed E-state index contributed by atoms with van der Waals surface area (Å²) in [6.45, 7) is 1.80. The van der Waals surface area contributed by atoms with E-state index in [2.05, 4.69) is 10.3 Å². The average molecular weight is 382 g/mol. The van der Waals surface area contributed by atoms with Crippen LogP contribution in [0.15, 0.2) is 48.5 Å². The maximum Gasteiger partial charge on any atom is 0.257 e. The molecular weight excluding hydrogens is 362 g/mol. The van der Waals surface area contributed by atoms with Crippen molar-refractivity contribution in [1.82, 2.24) is 9.88 Å². The van der Waals surface area contributed by atoms with Gasteiger partial charge in [-0.2, -0.15) is 0 Å². The van der Waals surface area contributed by atoms with Crippen molar-refractivity contribution in [3.63, 3.8) is 0 Å². The number of hydrogen-bond donors (Lipinski definition) is 1. The third kappa shape index (κ3) is 4.44.